The maximum atomic E-state index is 12.3. The second kappa shape index (κ2) is 4.97. The number of aromatic nitrogens is 2. The van der Waals surface area contributed by atoms with E-state index in [1.807, 2.05) is 18.2 Å². The first-order chi connectivity index (χ1) is 9.63. The Morgan fingerprint density at radius 3 is 2.95 bits per heavy atom. The van der Waals surface area contributed by atoms with Crippen LogP contribution in [0, 0.1) is 0 Å². The van der Waals surface area contributed by atoms with Crippen LogP contribution >= 0.6 is 15.9 Å². The van der Waals surface area contributed by atoms with Crippen LogP contribution in [0.2, 0.25) is 0 Å². The zero-order valence-corrected chi connectivity index (χ0v) is 11.9. The molecule has 0 radical (unpaired) electrons. The molecule has 1 amide bonds. The number of nitrogens with zero attached hydrogens (tertiary/aromatic N) is 1. The SMILES string of the molecule is Nc1cc(Br)cc(C(=O)Nc2cccc3cn[nH]c23)c1. The Labute approximate surface area is 123 Å². The Morgan fingerprint density at radius 1 is 1.30 bits per heavy atom. The molecule has 0 saturated heterocycles. The van der Waals surface area contributed by atoms with Gasteiger partial charge in [0, 0.05) is 21.1 Å². The average molecular weight is 331 g/mol. The molecular formula is C14H11BrN4O. The van der Waals surface area contributed by atoms with Gasteiger partial charge in [0.05, 0.1) is 17.4 Å². The highest BCUT2D eigenvalue weighted by atomic mass is 79.9. The minimum atomic E-state index is -0.222. The van der Waals surface area contributed by atoms with Crippen LogP contribution in [-0.4, -0.2) is 16.1 Å². The monoisotopic (exact) mass is 330 g/mol. The van der Waals surface area contributed by atoms with Gasteiger partial charge in [0.15, 0.2) is 0 Å². The molecule has 5 nitrogen and oxygen atoms in total. The van der Waals surface area contributed by atoms with Crippen molar-refractivity contribution in [3.63, 3.8) is 0 Å². The zero-order chi connectivity index (χ0) is 14.1. The molecule has 0 spiro atoms. The summed E-state index contributed by atoms with van der Waals surface area (Å²) in [7, 11) is 0. The maximum absolute atomic E-state index is 12.3. The molecule has 0 atom stereocenters. The number of benzene rings is 2. The Morgan fingerprint density at radius 2 is 2.15 bits per heavy atom. The highest BCUT2D eigenvalue weighted by Crippen LogP contribution is 2.22. The van der Waals surface area contributed by atoms with Gasteiger partial charge in [-0.2, -0.15) is 5.10 Å². The number of fused-ring (bicyclic) bond motifs is 1. The summed E-state index contributed by atoms with van der Waals surface area (Å²) >= 11 is 3.32. The molecule has 20 heavy (non-hydrogen) atoms. The second-order valence-corrected chi connectivity index (χ2v) is 5.28. The summed E-state index contributed by atoms with van der Waals surface area (Å²) in [4.78, 5) is 12.3. The Balaban J connectivity index is 1.94. The van der Waals surface area contributed by atoms with Gasteiger partial charge < -0.3 is 11.1 Å². The molecule has 0 aliphatic rings. The van der Waals surface area contributed by atoms with E-state index < -0.39 is 0 Å². The Kier molecular flexibility index (Phi) is 3.15. The normalized spacial score (nSPS) is 10.7. The number of nitrogens with one attached hydrogen (secondary N) is 2. The highest BCUT2D eigenvalue weighted by Gasteiger charge is 2.10. The highest BCUT2D eigenvalue weighted by molar-refractivity contribution is 9.10. The van der Waals surface area contributed by atoms with Gasteiger partial charge in [-0.3, -0.25) is 9.89 Å². The van der Waals surface area contributed by atoms with E-state index in [0.717, 1.165) is 15.4 Å². The second-order valence-electron chi connectivity index (χ2n) is 4.37. The van der Waals surface area contributed by atoms with Gasteiger partial charge in [0.2, 0.25) is 0 Å². The van der Waals surface area contributed by atoms with E-state index in [0.29, 0.717) is 16.9 Å². The zero-order valence-electron chi connectivity index (χ0n) is 10.4. The van der Waals surface area contributed by atoms with Gasteiger partial charge in [-0.15, -0.1) is 0 Å². The largest absolute Gasteiger partial charge is 0.399 e. The number of hydrogen-bond donors (Lipinski definition) is 3. The number of anilines is 2. The van der Waals surface area contributed by atoms with Crippen LogP contribution in [0.15, 0.2) is 47.1 Å². The number of aromatic amines is 1. The van der Waals surface area contributed by atoms with Gasteiger partial charge in [0.25, 0.3) is 5.91 Å². The van der Waals surface area contributed by atoms with E-state index in [2.05, 4.69) is 31.4 Å². The fourth-order valence-corrected chi connectivity index (χ4v) is 2.52. The van der Waals surface area contributed by atoms with E-state index in [4.69, 9.17) is 5.73 Å². The molecular weight excluding hydrogens is 320 g/mol. The lowest BCUT2D eigenvalue weighted by Crippen LogP contribution is -2.12. The topological polar surface area (TPSA) is 83.8 Å². The van der Waals surface area contributed by atoms with E-state index in [1.54, 1.807) is 24.4 Å². The van der Waals surface area contributed by atoms with Crippen molar-refractivity contribution in [2.24, 2.45) is 0 Å². The molecule has 6 heteroatoms. The van der Waals surface area contributed by atoms with Gasteiger partial charge in [-0.25, -0.2) is 0 Å². The van der Waals surface area contributed by atoms with Gasteiger partial charge >= 0.3 is 0 Å². The molecule has 1 aromatic heterocycles. The predicted molar refractivity (Wildman–Crippen MR) is 82.6 cm³/mol. The molecule has 0 bridgehead atoms. The number of carbonyl (C=O) groups excluding carboxylic acids is 1. The van der Waals surface area contributed by atoms with Gasteiger partial charge in [-0.1, -0.05) is 28.1 Å². The van der Waals surface area contributed by atoms with Crippen molar-refractivity contribution in [2.45, 2.75) is 0 Å². The maximum Gasteiger partial charge on any atom is 0.255 e. The standard InChI is InChI=1S/C14H11BrN4O/c15-10-4-9(5-11(16)6-10)14(20)18-12-3-1-2-8-7-17-19-13(8)12/h1-7H,16H2,(H,17,19)(H,18,20). The van der Waals surface area contributed by atoms with Crippen molar-refractivity contribution in [2.75, 3.05) is 11.1 Å². The quantitative estimate of drug-likeness (QED) is 0.631. The molecule has 0 aliphatic carbocycles. The van der Waals surface area contributed by atoms with Crippen LogP contribution in [0.25, 0.3) is 10.9 Å². The van der Waals surface area contributed by atoms with Gasteiger partial charge in [0.1, 0.15) is 0 Å². The van der Waals surface area contributed by atoms with E-state index in [1.165, 1.54) is 0 Å². The van der Waals surface area contributed by atoms with Gasteiger partial charge in [-0.05, 0) is 24.3 Å². The van der Waals surface area contributed by atoms with Crippen molar-refractivity contribution in [1.29, 1.82) is 0 Å². The summed E-state index contributed by atoms with van der Waals surface area (Å²) in [6, 6.07) is 10.7. The van der Waals surface area contributed by atoms with Crippen LogP contribution in [0.3, 0.4) is 0 Å². The molecule has 1 heterocycles. The Hall–Kier alpha value is -2.34. The van der Waals surface area contributed by atoms with E-state index in [9.17, 15) is 4.79 Å². The smallest absolute Gasteiger partial charge is 0.255 e. The van der Waals surface area contributed by atoms with Crippen LogP contribution < -0.4 is 11.1 Å². The third kappa shape index (κ3) is 2.37. The van der Waals surface area contributed by atoms with Crippen LogP contribution in [0.4, 0.5) is 11.4 Å². The number of hydrogen-bond acceptors (Lipinski definition) is 3. The first kappa shape index (κ1) is 12.7. The molecule has 0 aliphatic heterocycles. The number of amides is 1. The Bertz CT molecular complexity index is 776. The minimum absolute atomic E-state index is 0.222. The van der Waals surface area contributed by atoms with Crippen molar-refractivity contribution in [3.8, 4) is 0 Å². The lowest BCUT2D eigenvalue weighted by molar-refractivity contribution is 0.102. The third-order valence-corrected chi connectivity index (χ3v) is 3.37. The fourth-order valence-electron chi connectivity index (χ4n) is 2.01. The van der Waals surface area contributed by atoms with Crippen LogP contribution in [0.5, 0.6) is 0 Å². The number of halogens is 1. The molecule has 4 N–H and O–H groups in total. The van der Waals surface area contributed by atoms with Crippen LogP contribution in [-0.2, 0) is 0 Å². The number of rotatable bonds is 2. The molecule has 3 aromatic rings. The van der Waals surface area contributed by atoms with Crippen molar-refractivity contribution < 1.29 is 4.79 Å². The summed E-state index contributed by atoms with van der Waals surface area (Å²) in [6.45, 7) is 0. The molecule has 100 valence electrons. The molecule has 2 aromatic carbocycles. The summed E-state index contributed by atoms with van der Waals surface area (Å²) in [5, 5.41) is 10.6. The van der Waals surface area contributed by atoms with Crippen LogP contribution in [0.1, 0.15) is 10.4 Å². The lowest BCUT2D eigenvalue weighted by Gasteiger charge is -2.07. The number of nitrogens with two attached hydrogens (primary N) is 1. The first-order valence-electron chi connectivity index (χ1n) is 5.93. The summed E-state index contributed by atoms with van der Waals surface area (Å²) in [5.74, 6) is -0.222. The van der Waals surface area contributed by atoms with E-state index in [-0.39, 0.29) is 5.91 Å². The number of H-pyrrole nitrogens is 1. The number of nitrogen functional groups attached to an aromatic ring is 1. The summed E-state index contributed by atoms with van der Waals surface area (Å²) in [6.07, 6.45) is 1.71. The summed E-state index contributed by atoms with van der Waals surface area (Å²) in [5.41, 5.74) is 8.24. The average Bonchev–Trinajstić information content (AvgIpc) is 2.87. The lowest BCUT2D eigenvalue weighted by atomic mass is 10.1. The molecule has 0 saturated carbocycles. The van der Waals surface area contributed by atoms with Crippen molar-refractivity contribution >= 4 is 44.1 Å². The first-order valence-corrected chi connectivity index (χ1v) is 6.72. The summed E-state index contributed by atoms with van der Waals surface area (Å²) < 4.78 is 0.766. The third-order valence-electron chi connectivity index (χ3n) is 2.91. The number of carbonyl (C=O) groups is 1. The molecule has 0 unspecified atom stereocenters. The number of para-hydroxylation sites is 1. The molecule has 0 fully saturated rings. The minimum Gasteiger partial charge on any atom is -0.399 e. The molecule has 3 rings (SSSR count). The predicted octanol–water partition coefficient (Wildman–Crippen LogP) is 3.16. The van der Waals surface area contributed by atoms with Crippen molar-refractivity contribution in [3.05, 3.63) is 52.6 Å². The fraction of sp³-hybridized carbons (Fsp3) is 0. The van der Waals surface area contributed by atoms with E-state index >= 15 is 0 Å². The van der Waals surface area contributed by atoms with Crippen molar-refractivity contribution in [1.82, 2.24) is 10.2 Å².